The molecule has 2 aromatic carbocycles. The summed E-state index contributed by atoms with van der Waals surface area (Å²) < 4.78 is 3.41. The zero-order valence-electron chi connectivity index (χ0n) is 16.1. The Morgan fingerprint density at radius 2 is 1.71 bits per heavy atom. The third kappa shape index (κ3) is 2.74. The molecular formula is C23H22N4O. The number of hydrogen-bond donors (Lipinski definition) is 0. The van der Waals surface area contributed by atoms with Crippen LogP contribution in [0.15, 0.2) is 59.5 Å². The summed E-state index contributed by atoms with van der Waals surface area (Å²) >= 11 is 0. The van der Waals surface area contributed by atoms with E-state index in [2.05, 4.69) is 24.2 Å². The lowest BCUT2D eigenvalue weighted by Crippen LogP contribution is -2.27. The Kier molecular flexibility index (Phi) is 3.90. The fraction of sp³-hybridized carbons (Fsp3) is 0.261. The quantitative estimate of drug-likeness (QED) is 0.543. The van der Waals surface area contributed by atoms with Gasteiger partial charge in [0, 0.05) is 11.3 Å². The first-order valence-corrected chi connectivity index (χ1v) is 9.73. The van der Waals surface area contributed by atoms with Gasteiger partial charge < -0.3 is 0 Å². The second kappa shape index (κ2) is 6.44. The second-order valence-corrected chi connectivity index (χ2v) is 7.65. The number of para-hydroxylation sites is 1. The zero-order valence-corrected chi connectivity index (χ0v) is 16.1. The maximum atomic E-state index is 13.4. The van der Waals surface area contributed by atoms with Gasteiger partial charge in [0.05, 0.1) is 24.1 Å². The summed E-state index contributed by atoms with van der Waals surface area (Å²) in [5.74, 6) is 0.431. The van der Waals surface area contributed by atoms with Crippen molar-refractivity contribution in [1.29, 1.82) is 0 Å². The number of fused-ring (bicyclic) bond motifs is 1. The molecule has 0 radical (unpaired) electrons. The molecule has 0 bridgehead atoms. The SMILES string of the molecule is Cc1ccccc1Cn1nc(C2CC2)c2cnn(-c3ccccc3C)c2c1=O. The largest absolute Gasteiger partial charge is 0.293 e. The topological polar surface area (TPSA) is 52.7 Å². The number of hydrogen-bond acceptors (Lipinski definition) is 3. The second-order valence-electron chi connectivity index (χ2n) is 7.65. The fourth-order valence-corrected chi connectivity index (χ4v) is 3.79. The summed E-state index contributed by atoms with van der Waals surface area (Å²) in [6.07, 6.45) is 4.06. The molecule has 1 aliphatic carbocycles. The third-order valence-corrected chi connectivity index (χ3v) is 5.60. The van der Waals surface area contributed by atoms with E-state index in [9.17, 15) is 4.79 Å². The first-order valence-electron chi connectivity index (χ1n) is 9.73. The van der Waals surface area contributed by atoms with Crippen LogP contribution in [0.1, 0.15) is 41.1 Å². The van der Waals surface area contributed by atoms with Gasteiger partial charge in [0.2, 0.25) is 0 Å². The first kappa shape index (κ1) is 16.9. The van der Waals surface area contributed by atoms with Crippen molar-refractivity contribution in [1.82, 2.24) is 19.6 Å². The van der Waals surface area contributed by atoms with Gasteiger partial charge in [-0.3, -0.25) is 4.79 Å². The predicted molar refractivity (Wildman–Crippen MR) is 110 cm³/mol. The van der Waals surface area contributed by atoms with Gasteiger partial charge in [-0.15, -0.1) is 0 Å². The maximum Gasteiger partial charge on any atom is 0.293 e. The molecule has 0 aliphatic heterocycles. The summed E-state index contributed by atoms with van der Waals surface area (Å²) in [4.78, 5) is 13.4. The van der Waals surface area contributed by atoms with Crippen LogP contribution in [0, 0.1) is 13.8 Å². The molecule has 1 aliphatic rings. The Balaban J connectivity index is 1.75. The lowest BCUT2D eigenvalue weighted by molar-refractivity contribution is 0.624. The van der Waals surface area contributed by atoms with E-state index in [1.54, 1.807) is 9.36 Å². The van der Waals surface area contributed by atoms with Gasteiger partial charge in [-0.1, -0.05) is 42.5 Å². The molecule has 0 N–H and O–H groups in total. The minimum absolute atomic E-state index is 0.0941. The lowest BCUT2D eigenvalue weighted by atomic mass is 10.1. The fourth-order valence-electron chi connectivity index (χ4n) is 3.79. The molecule has 28 heavy (non-hydrogen) atoms. The van der Waals surface area contributed by atoms with Crippen LogP contribution in [-0.4, -0.2) is 19.6 Å². The summed E-state index contributed by atoms with van der Waals surface area (Å²) in [7, 11) is 0. The highest BCUT2D eigenvalue weighted by molar-refractivity contribution is 5.82. The average Bonchev–Trinajstić information content (AvgIpc) is 3.44. The molecule has 0 amide bonds. The number of nitrogens with zero attached hydrogens (tertiary/aromatic N) is 4. The minimum atomic E-state index is -0.0941. The normalized spacial score (nSPS) is 13.9. The van der Waals surface area contributed by atoms with E-state index >= 15 is 0 Å². The maximum absolute atomic E-state index is 13.4. The molecule has 140 valence electrons. The van der Waals surface area contributed by atoms with Crippen LogP contribution in [0.4, 0.5) is 0 Å². The van der Waals surface area contributed by atoms with E-state index in [0.717, 1.165) is 46.3 Å². The van der Waals surface area contributed by atoms with Crippen molar-refractivity contribution in [3.05, 3.63) is 87.5 Å². The molecule has 0 spiro atoms. The minimum Gasteiger partial charge on any atom is -0.265 e. The van der Waals surface area contributed by atoms with E-state index in [-0.39, 0.29) is 5.56 Å². The lowest BCUT2D eigenvalue weighted by Gasteiger charge is -2.12. The highest BCUT2D eigenvalue weighted by Crippen LogP contribution is 2.41. The van der Waals surface area contributed by atoms with Crippen LogP contribution in [-0.2, 0) is 6.54 Å². The van der Waals surface area contributed by atoms with Crippen molar-refractivity contribution in [2.75, 3.05) is 0 Å². The Hall–Kier alpha value is -3.21. The van der Waals surface area contributed by atoms with Gasteiger partial charge in [-0.2, -0.15) is 10.2 Å². The molecule has 4 aromatic rings. The van der Waals surface area contributed by atoms with Crippen LogP contribution < -0.4 is 5.56 Å². The molecule has 5 rings (SSSR count). The van der Waals surface area contributed by atoms with Gasteiger partial charge >= 0.3 is 0 Å². The van der Waals surface area contributed by atoms with Gasteiger partial charge in [-0.05, 0) is 49.4 Å². The third-order valence-electron chi connectivity index (χ3n) is 5.60. The monoisotopic (exact) mass is 370 g/mol. The molecule has 1 fully saturated rings. The smallest absolute Gasteiger partial charge is 0.265 e. The van der Waals surface area contributed by atoms with E-state index in [1.807, 2.05) is 49.5 Å². The van der Waals surface area contributed by atoms with Crippen molar-refractivity contribution in [3.63, 3.8) is 0 Å². The van der Waals surface area contributed by atoms with Gasteiger partial charge in [0.15, 0.2) is 0 Å². The molecule has 0 unspecified atom stereocenters. The standard InChI is InChI=1S/C23H22N4O/c1-15-7-3-5-9-18(15)14-26-23(28)22-19(21(25-26)17-11-12-17)13-24-27(22)20-10-6-4-8-16(20)2/h3-10,13,17H,11-12,14H2,1-2H3. The van der Waals surface area contributed by atoms with E-state index in [0.29, 0.717) is 18.0 Å². The Labute approximate surface area is 163 Å². The van der Waals surface area contributed by atoms with E-state index in [1.165, 1.54) is 0 Å². The number of benzene rings is 2. The first-order chi connectivity index (χ1) is 13.6. The summed E-state index contributed by atoms with van der Waals surface area (Å²) in [5, 5.41) is 10.3. The van der Waals surface area contributed by atoms with Crippen LogP contribution in [0.5, 0.6) is 0 Å². The summed E-state index contributed by atoms with van der Waals surface area (Å²) in [6.45, 7) is 4.58. The highest BCUT2D eigenvalue weighted by Gasteiger charge is 2.30. The number of aryl methyl sites for hydroxylation is 2. The van der Waals surface area contributed by atoms with Crippen molar-refractivity contribution >= 4 is 10.9 Å². The molecule has 0 atom stereocenters. The van der Waals surface area contributed by atoms with Gasteiger partial charge in [-0.25, -0.2) is 9.36 Å². The molecule has 2 aromatic heterocycles. The van der Waals surface area contributed by atoms with Gasteiger partial charge in [0.25, 0.3) is 5.56 Å². The van der Waals surface area contributed by atoms with Crippen LogP contribution in [0.25, 0.3) is 16.6 Å². The van der Waals surface area contributed by atoms with Crippen molar-refractivity contribution in [2.45, 2.75) is 39.2 Å². The molecular weight excluding hydrogens is 348 g/mol. The molecule has 5 heteroatoms. The van der Waals surface area contributed by atoms with Crippen molar-refractivity contribution in [2.24, 2.45) is 0 Å². The Morgan fingerprint density at radius 1 is 1.00 bits per heavy atom. The molecule has 1 saturated carbocycles. The predicted octanol–water partition coefficient (Wildman–Crippen LogP) is 4.12. The van der Waals surface area contributed by atoms with Crippen LogP contribution >= 0.6 is 0 Å². The molecule has 2 heterocycles. The number of aromatic nitrogens is 4. The van der Waals surface area contributed by atoms with E-state index < -0.39 is 0 Å². The molecule has 5 nitrogen and oxygen atoms in total. The van der Waals surface area contributed by atoms with Crippen molar-refractivity contribution in [3.8, 4) is 5.69 Å². The van der Waals surface area contributed by atoms with Crippen LogP contribution in [0.3, 0.4) is 0 Å². The highest BCUT2D eigenvalue weighted by atomic mass is 16.1. The van der Waals surface area contributed by atoms with Crippen LogP contribution in [0.2, 0.25) is 0 Å². The zero-order chi connectivity index (χ0) is 19.3. The summed E-state index contributed by atoms with van der Waals surface area (Å²) in [5.41, 5.74) is 5.83. The number of rotatable bonds is 4. The van der Waals surface area contributed by atoms with E-state index in [4.69, 9.17) is 5.10 Å². The average molecular weight is 370 g/mol. The Morgan fingerprint density at radius 3 is 2.43 bits per heavy atom. The Bertz CT molecular complexity index is 1250. The molecule has 0 saturated heterocycles. The summed E-state index contributed by atoms with van der Waals surface area (Å²) in [6, 6.07) is 16.2. The van der Waals surface area contributed by atoms with Gasteiger partial charge in [0.1, 0.15) is 5.52 Å². The van der Waals surface area contributed by atoms with Crippen molar-refractivity contribution < 1.29 is 0 Å².